The Balaban J connectivity index is 1.55. The molecular weight excluding hydrogens is 457 g/mol. The Morgan fingerprint density at radius 3 is 2.24 bits per heavy atom. The third-order valence-electron chi connectivity index (χ3n) is 5.42. The monoisotopic (exact) mass is 484 g/mol. The van der Waals surface area contributed by atoms with Crippen molar-refractivity contribution in [1.82, 2.24) is 5.32 Å². The second-order valence-corrected chi connectivity index (χ2v) is 9.74. The smallest absolute Gasteiger partial charge is 0.416 e. The van der Waals surface area contributed by atoms with Gasteiger partial charge in [-0.15, -0.1) is 0 Å². The zero-order valence-electron chi connectivity index (χ0n) is 18.0. The maximum Gasteiger partial charge on any atom is 0.416 e. The summed E-state index contributed by atoms with van der Waals surface area (Å²) in [6.45, 7) is -0.189. The van der Waals surface area contributed by atoms with Crippen molar-refractivity contribution < 1.29 is 31.1 Å². The van der Waals surface area contributed by atoms with Gasteiger partial charge in [-0.3, -0.25) is 9.52 Å². The minimum atomic E-state index is -4.58. The summed E-state index contributed by atoms with van der Waals surface area (Å²) in [7, 11) is -4.10. The third kappa shape index (κ3) is 7.66. The first-order valence-electron chi connectivity index (χ1n) is 10.9. The quantitative estimate of drug-likeness (QED) is 0.572. The fourth-order valence-electron chi connectivity index (χ4n) is 3.71. The van der Waals surface area contributed by atoms with E-state index >= 15 is 0 Å². The Labute approximate surface area is 191 Å². The SMILES string of the molecule is O=C(COc1ccc(S(=O)(=O)Nc2cccc(C(F)(F)F)c2)cc1)NC1CCCCCCC1. The minimum Gasteiger partial charge on any atom is -0.484 e. The predicted octanol–water partition coefficient (Wildman–Crippen LogP) is 5.11. The molecular formula is C23H27F3N2O4S. The van der Waals surface area contributed by atoms with E-state index in [0.29, 0.717) is 5.75 Å². The molecule has 0 aliphatic heterocycles. The first-order chi connectivity index (χ1) is 15.6. The van der Waals surface area contributed by atoms with E-state index in [1.54, 1.807) is 0 Å². The van der Waals surface area contributed by atoms with Crippen molar-refractivity contribution in [2.24, 2.45) is 0 Å². The van der Waals surface area contributed by atoms with Crippen LogP contribution in [0.15, 0.2) is 53.4 Å². The predicted molar refractivity (Wildman–Crippen MR) is 118 cm³/mol. The fraction of sp³-hybridized carbons (Fsp3) is 0.435. The van der Waals surface area contributed by atoms with Gasteiger partial charge in [-0.25, -0.2) is 8.42 Å². The molecule has 0 saturated heterocycles. The number of halogens is 3. The van der Waals surface area contributed by atoms with Crippen LogP contribution in [0, 0.1) is 0 Å². The van der Waals surface area contributed by atoms with Gasteiger partial charge in [-0.2, -0.15) is 13.2 Å². The molecule has 0 spiro atoms. The molecule has 0 aromatic heterocycles. The number of amides is 1. The summed E-state index contributed by atoms with van der Waals surface area (Å²) in [5, 5.41) is 2.99. The normalized spacial score (nSPS) is 15.8. The Morgan fingerprint density at radius 2 is 1.61 bits per heavy atom. The molecule has 2 N–H and O–H groups in total. The molecule has 180 valence electrons. The molecule has 0 unspecified atom stereocenters. The summed E-state index contributed by atoms with van der Waals surface area (Å²) in [6, 6.07) is 9.40. The van der Waals surface area contributed by atoms with Crippen LogP contribution in [0.1, 0.15) is 50.5 Å². The largest absolute Gasteiger partial charge is 0.484 e. The standard InChI is InChI=1S/C23H27F3N2O4S/c24-23(25,26)17-7-6-10-19(15-17)28-33(30,31)21-13-11-20(12-14-21)32-16-22(29)27-18-8-4-2-1-3-5-9-18/h6-7,10-15,18,28H,1-5,8-9,16H2,(H,27,29). The molecule has 2 aromatic carbocycles. The number of carbonyl (C=O) groups excluding carboxylic acids is 1. The molecule has 1 aliphatic rings. The van der Waals surface area contributed by atoms with Gasteiger partial charge in [0.2, 0.25) is 0 Å². The van der Waals surface area contributed by atoms with Crippen molar-refractivity contribution in [3.05, 3.63) is 54.1 Å². The number of ether oxygens (including phenoxy) is 1. The van der Waals surface area contributed by atoms with Crippen molar-refractivity contribution in [3.8, 4) is 5.75 Å². The third-order valence-corrected chi connectivity index (χ3v) is 6.81. The highest BCUT2D eigenvalue weighted by molar-refractivity contribution is 7.92. The number of benzene rings is 2. The molecule has 1 amide bonds. The molecule has 1 fully saturated rings. The van der Waals surface area contributed by atoms with E-state index in [2.05, 4.69) is 10.0 Å². The molecule has 0 radical (unpaired) electrons. The molecule has 3 rings (SSSR count). The lowest BCUT2D eigenvalue weighted by Gasteiger charge is -2.21. The summed E-state index contributed by atoms with van der Waals surface area (Å²) in [6.07, 6.45) is 3.12. The van der Waals surface area contributed by atoms with E-state index in [4.69, 9.17) is 4.74 Å². The average Bonchev–Trinajstić information content (AvgIpc) is 2.74. The molecule has 6 nitrogen and oxygen atoms in total. The summed E-state index contributed by atoms with van der Waals surface area (Å²) >= 11 is 0. The van der Waals surface area contributed by atoms with Crippen molar-refractivity contribution in [2.75, 3.05) is 11.3 Å². The first kappa shape index (κ1) is 24.9. The Hall–Kier alpha value is -2.75. The molecule has 1 saturated carbocycles. The number of alkyl halides is 3. The van der Waals surface area contributed by atoms with E-state index in [1.807, 2.05) is 0 Å². The van der Waals surface area contributed by atoms with Gasteiger partial charge < -0.3 is 10.1 Å². The van der Waals surface area contributed by atoms with Crippen molar-refractivity contribution in [3.63, 3.8) is 0 Å². The lowest BCUT2D eigenvalue weighted by atomic mass is 9.97. The lowest BCUT2D eigenvalue weighted by molar-refractivity contribution is -0.137. The summed E-state index contributed by atoms with van der Waals surface area (Å²) in [4.78, 5) is 12.0. The molecule has 10 heteroatoms. The molecule has 0 atom stereocenters. The number of rotatable bonds is 7. The van der Waals surface area contributed by atoms with Gasteiger partial charge in [0, 0.05) is 11.7 Å². The second-order valence-electron chi connectivity index (χ2n) is 8.05. The van der Waals surface area contributed by atoms with Gasteiger partial charge in [0.25, 0.3) is 15.9 Å². The van der Waals surface area contributed by atoms with Gasteiger partial charge in [-0.05, 0) is 55.3 Å². The van der Waals surface area contributed by atoms with E-state index in [0.717, 1.165) is 43.9 Å². The number of hydrogen-bond acceptors (Lipinski definition) is 4. The van der Waals surface area contributed by atoms with Crippen LogP contribution in [0.2, 0.25) is 0 Å². The van der Waals surface area contributed by atoms with Crippen LogP contribution < -0.4 is 14.8 Å². The Morgan fingerprint density at radius 1 is 0.970 bits per heavy atom. The summed E-state index contributed by atoms with van der Waals surface area (Å²) in [5.74, 6) is 0.0734. The van der Waals surface area contributed by atoms with E-state index in [9.17, 15) is 26.4 Å². The van der Waals surface area contributed by atoms with Crippen LogP contribution in [-0.2, 0) is 21.0 Å². The fourth-order valence-corrected chi connectivity index (χ4v) is 4.76. The van der Waals surface area contributed by atoms with E-state index in [1.165, 1.54) is 49.6 Å². The first-order valence-corrected chi connectivity index (χ1v) is 12.3. The van der Waals surface area contributed by atoms with Gasteiger partial charge in [0.1, 0.15) is 5.75 Å². The highest BCUT2D eigenvalue weighted by atomic mass is 32.2. The minimum absolute atomic E-state index is 0.147. The number of anilines is 1. The number of sulfonamides is 1. The maximum atomic E-state index is 12.8. The Bertz CT molecular complexity index is 1030. The van der Waals surface area contributed by atoms with Gasteiger partial charge >= 0.3 is 6.18 Å². The summed E-state index contributed by atoms with van der Waals surface area (Å²) in [5.41, 5.74) is -1.15. The molecule has 1 aliphatic carbocycles. The van der Waals surface area contributed by atoms with Crippen LogP contribution >= 0.6 is 0 Å². The van der Waals surface area contributed by atoms with Gasteiger partial charge in [-0.1, -0.05) is 38.2 Å². The van der Waals surface area contributed by atoms with Crippen molar-refractivity contribution in [2.45, 2.75) is 62.1 Å². The molecule has 33 heavy (non-hydrogen) atoms. The van der Waals surface area contributed by atoms with Crippen LogP contribution in [0.3, 0.4) is 0 Å². The van der Waals surface area contributed by atoms with E-state index in [-0.39, 0.29) is 29.1 Å². The number of nitrogens with one attached hydrogen (secondary N) is 2. The van der Waals surface area contributed by atoms with E-state index < -0.39 is 21.8 Å². The molecule has 0 heterocycles. The van der Waals surface area contributed by atoms with Crippen molar-refractivity contribution >= 4 is 21.6 Å². The summed E-state index contributed by atoms with van der Waals surface area (Å²) < 4.78 is 71.2. The molecule has 2 aromatic rings. The second kappa shape index (κ2) is 10.9. The maximum absolute atomic E-state index is 12.8. The van der Waals surface area contributed by atoms with Crippen LogP contribution in [0.25, 0.3) is 0 Å². The Kier molecular flexibility index (Phi) is 8.23. The van der Waals surface area contributed by atoms with Gasteiger partial charge in [0.15, 0.2) is 6.61 Å². The topological polar surface area (TPSA) is 84.5 Å². The average molecular weight is 485 g/mol. The van der Waals surface area contributed by atoms with Crippen LogP contribution in [0.4, 0.5) is 18.9 Å². The zero-order chi connectivity index (χ0) is 23.9. The van der Waals surface area contributed by atoms with Crippen LogP contribution in [0.5, 0.6) is 5.75 Å². The van der Waals surface area contributed by atoms with Gasteiger partial charge in [0.05, 0.1) is 10.5 Å². The van der Waals surface area contributed by atoms with Crippen LogP contribution in [-0.4, -0.2) is 27.0 Å². The number of carbonyl (C=O) groups is 1. The molecule has 0 bridgehead atoms. The highest BCUT2D eigenvalue weighted by Gasteiger charge is 2.30. The van der Waals surface area contributed by atoms with Crippen molar-refractivity contribution in [1.29, 1.82) is 0 Å². The highest BCUT2D eigenvalue weighted by Crippen LogP contribution is 2.31. The lowest BCUT2D eigenvalue weighted by Crippen LogP contribution is -2.38. The number of hydrogen-bond donors (Lipinski definition) is 2. The zero-order valence-corrected chi connectivity index (χ0v) is 18.8.